The van der Waals surface area contributed by atoms with Gasteiger partial charge in [-0.15, -0.1) is 0 Å². The Morgan fingerprint density at radius 1 is 0.762 bits per heavy atom. The van der Waals surface area contributed by atoms with Crippen molar-refractivity contribution >= 4 is 0 Å². The molecule has 0 unspecified atom stereocenters. The molecule has 0 saturated heterocycles. The smallest absolute Gasteiger partial charge is 0.140 e. The summed E-state index contributed by atoms with van der Waals surface area (Å²) in [7, 11) is 0. The zero-order valence-electron chi connectivity index (χ0n) is 24.9. The first-order valence-corrected chi connectivity index (χ1v) is 14.9. The molecule has 0 aliphatic heterocycles. The molecule has 4 aromatic carbocycles. The molecule has 0 amide bonds. The summed E-state index contributed by atoms with van der Waals surface area (Å²) < 4.78 is 22.7. The number of imidazole rings is 1. The molecule has 42 heavy (non-hydrogen) atoms. The van der Waals surface area contributed by atoms with Crippen LogP contribution in [-0.2, 0) is 26.2 Å². The Kier molecular flexibility index (Phi) is 9.83. The molecule has 0 saturated carbocycles. The van der Waals surface area contributed by atoms with Gasteiger partial charge in [0.1, 0.15) is 17.4 Å². The normalized spacial score (nSPS) is 11.3. The molecule has 0 atom stereocenters. The minimum atomic E-state index is -0.257. The average Bonchev–Trinajstić information content (AvgIpc) is 3.34. The van der Waals surface area contributed by atoms with Crippen molar-refractivity contribution in [2.24, 2.45) is 0 Å². The fraction of sp³-hybridized carbons (Fsp3) is 0.270. The number of aromatic nitrogens is 2. The molecule has 1 aromatic heterocycles. The fourth-order valence-corrected chi connectivity index (χ4v) is 5.49. The quantitative estimate of drug-likeness (QED) is 0.144. The number of hydrogen-bond acceptors (Lipinski definition) is 3. The summed E-state index contributed by atoms with van der Waals surface area (Å²) in [5.74, 6) is 1.55. The largest absolute Gasteiger partial charge is 0.494 e. The number of nitrogens with zero attached hydrogens (tertiary/aromatic N) is 3. The van der Waals surface area contributed by atoms with Gasteiger partial charge in [-0.25, -0.2) is 9.37 Å². The maximum absolute atomic E-state index is 14.5. The minimum Gasteiger partial charge on any atom is -0.494 e. The summed E-state index contributed by atoms with van der Waals surface area (Å²) >= 11 is 0. The van der Waals surface area contributed by atoms with E-state index in [1.165, 1.54) is 22.8 Å². The van der Waals surface area contributed by atoms with Crippen LogP contribution in [0.15, 0.2) is 103 Å². The van der Waals surface area contributed by atoms with Crippen LogP contribution in [0.3, 0.4) is 0 Å². The van der Waals surface area contributed by atoms with E-state index >= 15 is 0 Å². The van der Waals surface area contributed by atoms with Crippen LogP contribution >= 0.6 is 0 Å². The van der Waals surface area contributed by atoms with Gasteiger partial charge in [-0.3, -0.25) is 4.90 Å². The van der Waals surface area contributed by atoms with E-state index in [4.69, 9.17) is 9.72 Å². The number of unbranched alkanes of at least 4 members (excludes halogenated alkanes) is 1. The van der Waals surface area contributed by atoms with Crippen molar-refractivity contribution in [3.05, 3.63) is 131 Å². The molecule has 216 valence electrons. The summed E-state index contributed by atoms with van der Waals surface area (Å²) in [5, 5.41) is 0. The number of halogens is 1. The van der Waals surface area contributed by atoms with E-state index in [0.717, 1.165) is 66.6 Å². The lowest BCUT2D eigenvalue weighted by atomic mass is 10.1. The van der Waals surface area contributed by atoms with Gasteiger partial charge in [0.2, 0.25) is 0 Å². The first-order valence-electron chi connectivity index (χ1n) is 14.9. The molecule has 5 heteroatoms. The van der Waals surface area contributed by atoms with E-state index < -0.39 is 0 Å². The van der Waals surface area contributed by atoms with Gasteiger partial charge >= 0.3 is 0 Å². The third-order valence-electron chi connectivity index (χ3n) is 7.42. The molecular weight excluding hydrogens is 521 g/mol. The van der Waals surface area contributed by atoms with Gasteiger partial charge in [0.05, 0.1) is 18.0 Å². The monoisotopic (exact) mass is 561 g/mol. The van der Waals surface area contributed by atoms with Crippen LogP contribution in [0.1, 0.15) is 49.1 Å². The van der Waals surface area contributed by atoms with Gasteiger partial charge in [0, 0.05) is 37.3 Å². The third-order valence-corrected chi connectivity index (χ3v) is 7.42. The van der Waals surface area contributed by atoms with Gasteiger partial charge in [0.25, 0.3) is 0 Å². The zero-order valence-corrected chi connectivity index (χ0v) is 24.9. The van der Waals surface area contributed by atoms with E-state index in [1.54, 1.807) is 12.1 Å². The molecular formula is C37H40FN3O. The topological polar surface area (TPSA) is 30.3 Å². The molecule has 0 spiro atoms. The van der Waals surface area contributed by atoms with Crippen molar-refractivity contribution in [1.82, 2.24) is 14.5 Å². The van der Waals surface area contributed by atoms with Gasteiger partial charge in [-0.1, -0.05) is 97.8 Å². The van der Waals surface area contributed by atoms with Crippen LogP contribution in [0.5, 0.6) is 5.75 Å². The maximum Gasteiger partial charge on any atom is 0.140 e. The van der Waals surface area contributed by atoms with Crippen LogP contribution in [0, 0.1) is 12.7 Å². The molecule has 1 heterocycles. The predicted octanol–water partition coefficient (Wildman–Crippen LogP) is 9.07. The molecule has 0 radical (unpaired) electrons. The molecule has 0 bridgehead atoms. The Bertz CT molecular complexity index is 1590. The molecule has 5 rings (SSSR count). The van der Waals surface area contributed by atoms with Gasteiger partial charge < -0.3 is 9.30 Å². The van der Waals surface area contributed by atoms with Crippen molar-refractivity contribution in [1.29, 1.82) is 0 Å². The predicted molar refractivity (Wildman–Crippen MR) is 170 cm³/mol. The van der Waals surface area contributed by atoms with E-state index in [2.05, 4.69) is 77.9 Å². The highest BCUT2D eigenvalue weighted by molar-refractivity contribution is 5.68. The Morgan fingerprint density at radius 2 is 1.48 bits per heavy atom. The minimum absolute atomic E-state index is 0.257. The third kappa shape index (κ3) is 7.34. The van der Waals surface area contributed by atoms with E-state index in [0.29, 0.717) is 13.2 Å². The molecule has 0 aliphatic rings. The first kappa shape index (κ1) is 29.3. The Balaban J connectivity index is 1.62. The second kappa shape index (κ2) is 14.1. The molecule has 5 aromatic rings. The second-order valence-corrected chi connectivity index (χ2v) is 10.8. The lowest BCUT2D eigenvalue weighted by molar-refractivity contribution is 0.240. The van der Waals surface area contributed by atoms with Gasteiger partial charge in [-0.2, -0.15) is 0 Å². The van der Waals surface area contributed by atoms with Crippen molar-refractivity contribution in [2.75, 3.05) is 6.61 Å². The number of aryl methyl sites for hydroxylation is 1. The highest BCUT2D eigenvalue weighted by Crippen LogP contribution is 2.32. The van der Waals surface area contributed by atoms with E-state index in [1.807, 2.05) is 37.3 Å². The molecule has 0 N–H and O–H groups in total. The number of ether oxygens (including phenoxy) is 1. The summed E-state index contributed by atoms with van der Waals surface area (Å²) in [5.41, 5.74) is 7.47. The van der Waals surface area contributed by atoms with Crippen molar-refractivity contribution in [3.8, 4) is 28.4 Å². The zero-order chi connectivity index (χ0) is 29.3. The van der Waals surface area contributed by atoms with Crippen molar-refractivity contribution in [3.63, 3.8) is 0 Å². The average molecular weight is 562 g/mol. The lowest BCUT2D eigenvalue weighted by Gasteiger charge is -2.25. The summed E-state index contributed by atoms with van der Waals surface area (Å²) in [6.45, 7) is 9.98. The summed E-state index contributed by atoms with van der Waals surface area (Å²) in [6.07, 6.45) is 2.10. The standard InChI is InChI=1S/C37H40FN3O/c1-4-6-21-41-35(36(32-18-12-19-33(38)24-32)39-37(41)31-16-8-7-9-17-31)27-40(25-29-14-10-13-28(3)22-29)26-30-15-11-20-34(23-30)42-5-2/h7-20,22-24H,4-6,21,25-27H2,1-3H3. The Morgan fingerprint density at radius 3 is 2.19 bits per heavy atom. The number of hydrogen-bond donors (Lipinski definition) is 0. The van der Waals surface area contributed by atoms with Crippen LogP contribution in [0.4, 0.5) is 4.39 Å². The summed E-state index contributed by atoms with van der Waals surface area (Å²) in [6, 6.07) is 34.2. The van der Waals surface area contributed by atoms with Crippen LogP contribution in [0.2, 0.25) is 0 Å². The molecule has 0 fully saturated rings. The lowest BCUT2D eigenvalue weighted by Crippen LogP contribution is -2.24. The second-order valence-electron chi connectivity index (χ2n) is 10.8. The van der Waals surface area contributed by atoms with E-state index in [-0.39, 0.29) is 5.82 Å². The SMILES string of the molecule is CCCCn1c(-c2ccccc2)nc(-c2cccc(F)c2)c1CN(Cc1cccc(C)c1)Cc1cccc(OCC)c1. The first-order chi connectivity index (χ1) is 20.5. The van der Waals surface area contributed by atoms with Crippen LogP contribution < -0.4 is 4.74 Å². The summed E-state index contributed by atoms with van der Waals surface area (Å²) in [4.78, 5) is 7.67. The number of benzene rings is 4. The van der Waals surface area contributed by atoms with Crippen LogP contribution in [0.25, 0.3) is 22.6 Å². The molecule has 0 aliphatic carbocycles. The highest BCUT2D eigenvalue weighted by Gasteiger charge is 2.22. The van der Waals surface area contributed by atoms with Crippen LogP contribution in [-0.4, -0.2) is 21.1 Å². The Labute approximate surface area is 249 Å². The van der Waals surface area contributed by atoms with Gasteiger partial charge in [0.15, 0.2) is 0 Å². The Hall–Kier alpha value is -4.22. The highest BCUT2D eigenvalue weighted by atomic mass is 19.1. The molecule has 4 nitrogen and oxygen atoms in total. The van der Waals surface area contributed by atoms with E-state index in [9.17, 15) is 4.39 Å². The fourth-order valence-electron chi connectivity index (χ4n) is 5.49. The number of rotatable bonds is 13. The van der Waals surface area contributed by atoms with Gasteiger partial charge in [-0.05, 0) is 55.7 Å². The van der Waals surface area contributed by atoms with Crippen molar-refractivity contribution in [2.45, 2.75) is 59.8 Å². The maximum atomic E-state index is 14.5. The van der Waals surface area contributed by atoms with Crippen molar-refractivity contribution < 1.29 is 9.13 Å².